The predicted molar refractivity (Wildman–Crippen MR) is 66.5 cm³/mol. The van der Waals surface area contributed by atoms with Gasteiger partial charge in [-0.25, -0.2) is 9.48 Å². The van der Waals surface area contributed by atoms with Crippen molar-refractivity contribution in [2.45, 2.75) is 6.18 Å². The number of esters is 1. The molecule has 0 aliphatic rings. The molecule has 0 aliphatic carbocycles. The lowest BCUT2D eigenvalue weighted by Crippen LogP contribution is -2.07. The maximum Gasteiger partial charge on any atom is 0.416 e. The zero-order valence-electron chi connectivity index (χ0n) is 11.1. The molecule has 5 nitrogen and oxygen atoms in total. The molecule has 0 fully saturated rings. The fraction of sp³-hybridized carbons (Fsp3) is 0.231. The van der Waals surface area contributed by atoms with Crippen LogP contribution in [0, 0.1) is 0 Å². The van der Waals surface area contributed by atoms with Crippen molar-refractivity contribution in [3.63, 3.8) is 0 Å². The summed E-state index contributed by atoms with van der Waals surface area (Å²) in [5.41, 5.74) is -0.449. The third-order valence-electron chi connectivity index (χ3n) is 2.72. The minimum absolute atomic E-state index is 0.00533. The Balaban J connectivity index is 2.41. The number of ether oxygens (including phenoxy) is 2. The molecule has 1 heterocycles. The van der Waals surface area contributed by atoms with E-state index in [0.717, 1.165) is 12.1 Å². The van der Waals surface area contributed by atoms with Gasteiger partial charge in [-0.05, 0) is 24.3 Å². The topological polar surface area (TPSA) is 53.4 Å². The van der Waals surface area contributed by atoms with Crippen LogP contribution in [0.15, 0.2) is 30.3 Å². The zero-order valence-corrected chi connectivity index (χ0v) is 11.1. The van der Waals surface area contributed by atoms with Crippen molar-refractivity contribution < 1.29 is 27.4 Å². The summed E-state index contributed by atoms with van der Waals surface area (Å²) in [6, 6.07) is 5.66. The van der Waals surface area contributed by atoms with Crippen LogP contribution in [0.4, 0.5) is 13.2 Å². The summed E-state index contributed by atoms with van der Waals surface area (Å²) < 4.78 is 48.3. The summed E-state index contributed by atoms with van der Waals surface area (Å²) in [6.07, 6.45) is -4.41. The normalized spacial score (nSPS) is 11.3. The highest BCUT2D eigenvalue weighted by molar-refractivity contribution is 5.87. The molecule has 8 heteroatoms. The first-order valence-corrected chi connectivity index (χ1v) is 5.77. The van der Waals surface area contributed by atoms with Crippen molar-refractivity contribution in [2.75, 3.05) is 14.2 Å². The van der Waals surface area contributed by atoms with Crippen molar-refractivity contribution in [3.8, 4) is 11.6 Å². The van der Waals surface area contributed by atoms with E-state index in [4.69, 9.17) is 4.74 Å². The van der Waals surface area contributed by atoms with E-state index in [9.17, 15) is 18.0 Å². The van der Waals surface area contributed by atoms with Gasteiger partial charge in [0.2, 0.25) is 5.88 Å². The van der Waals surface area contributed by atoms with E-state index in [1.54, 1.807) is 0 Å². The minimum atomic E-state index is -4.41. The fourth-order valence-electron chi connectivity index (χ4n) is 1.69. The molecule has 21 heavy (non-hydrogen) atoms. The fourth-order valence-corrected chi connectivity index (χ4v) is 1.69. The second-order valence-electron chi connectivity index (χ2n) is 4.02. The maximum absolute atomic E-state index is 12.5. The van der Waals surface area contributed by atoms with Crippen LogP contribution >= 0.6 is 0 Å². The number of methoxy groups -OCH3 is 2. The number of nitrogens with zero attached hydrogens (tertiary/aromatic N) is 2. The molecule has 0 spiro atoms. The molecule has 0 amide bonds. The highest BCUT2D eigenvalue weighted by Crippen LogP contribution is 2.30. The van der Waals surface area contributed by atoms with E-state index in [0.29, 0.717) is 5.69 Å². The lowest BCUT2D eigenvalue weighted by Gasteiger charge is -2.09. The van der Waals surface area contributed by atoms with E-state index >= 15 is 0 Å². The van der Waals surface area contributed by atoms with Gasteiger partial charge >= 0.3 is 12.1 Å². The first-order chi connectivity index (χ1) is 9.86. The Labute approximate surface area is 117 Å². The van der Waals surface area contributed by atoms with Crippen molar-refractivity contribution >= 4 is 5.97 Å². The second kappa shape index (κ2) is 5.47. The highest BCUT2D eigenvalue weighted by atomic mass is 19.4. The van der Waals surface area contributed by atoms with Crippen LogP contribution in [-0.4, -0.2) is 30.0 Å². The molecule has 0 radical (unpaired) electrons. The Morgan fingerprint density at radius 1 is 1.19 bits per heavy atom. The van der Waals surface area contributed by atoms with Gasteiger partial charge in [0.05, 0.1) is 25.5 Å². The van der Waals surface area contributed by atoms with E-state index < -0.39 is 17.7 Å². The molecule has 0 atom stereocenters. The predicted octanol–water partition coefficient (Wildman–Crippen LogP) is 2.69. The van der Waals surface area contributed by atoms with Gasteiger partial charge in [-0.1, -0.05) is 0 Å². The van der Waals surface area contributed by atoms with Gasteiger partial charge < -0.3 is 9.47 Å². The van der Waals surface area contributed by atoms with E-state index in [1.165, 1.54) is 37.1 Å². The van der Waals surface area contributed by atoms with Crippen molar-refractivity contribution in [1.29, 1.82) is 0 Å². The smallest absolute Gasteiger partial charge is 0.416 e. The molecular weight excluding hydrogens is 289 g/mol. The lowest BCUT2D eigenvalue weighted by atomic mass is 10.2. The Morgan fingerprint density at radius 2 is 1.81 bits per heavy atom. The monoisotopic (exact) mass is 300 g/mol. The minimum Gasteiger partial charge on any atom is -0.481 e. The van der Waals surface area contributed by atoms with Crippen LogP contribution in [0.5, 0.6) is 5.88 Å². The van der Waals surface area contributed by atoms with Gasteiger partial charge in [-0.3, -0.25) is 0 Å². The molecular formula is C13H11F3N2O3. The molecule has 0 N–H and O–H groups in total. The average Bonchev–Trinajstić information content (AvgIpc) is 2.90. The van der Waals surface area contributed by atoms with Crippen molar-refractivity contribution in [1.82, 2.24) is 9.78 Å². The summed E-state index contributed by atoms with van der Waals surface area (Å²) in [7, 11) is 2.56. The number of halogens is 3. The van der Waals surface area contributed by atoms with Gasteiger partial charge in [0.1, 0.15) is 0 Å². The maximum atomic E-state index is 12.5. The van der Waals surface area contributed by atoms with Gasteiger partial charge in [0.25, 0.3) is 0 Å². The quantitative estimate of drug-likeness (QED) is 0.818. The van der Waals surface area contributed by atoms with E-state index in [1.807, 2.05) is 0 Å². The molecule has 2 rings (SSSR count). The summed E-state index contributed by atoms with van der Waals surface area (Å²) >= 11 is 0. The Morgan fingerprint density at radius 3 is 2.29 bits per heavy atom. The lowest BCUT2D eigenvalue weighted by molar-refractivity contribution is -0.137. The first kappa shape index (κ1) is 14.9. The molecule has 0 saturated heterocycles. The third kappa shape index (κ3) is 2.99. The van der Waals surface area contributed by atoms with Crippen LogP contribution in [-0.2, 0) is 10.9 Å². The van der Waals surface area contributed by atoms with Crippen LogP contribution in [0.2, 0.25) is 0 Å². The Kier molecular flexibility index (Phi) is 3.88. The van der Waals surface area contributed by atoms with E-state index in [2.05, 4.69) is 9.84 Å². The molecule has 0 aliphatic heterocycles. The number of carbonyl (C=O) groups is 1. The number of carbonyl (C=O) groups excluding carboxylic acids is 1. The van der Waals surface area contributed by atoms with Crippen LogP contribution in [0.25, 0.3) is 5.69 Å². The zero-order chi connectivity index (χ0) is 15.6. The molecule has 0 bridgehead atoms. The highest BCUT2D eigenvalue weighted by Gasteiger charge is 2.30. The summed E-state index contributed by atoms with van der Waals surface area (Å²) in [5, 5.41) is 3.95. The SMILES string of the molecule is COC(=O)c1cc(OC)n(-c2ccc(C(F)(F)F)cc2)n1. The first-order valence-electron chi connectivity index (χ1n) is 5.77. The molecule has 0 saturated carbocycles. The van der Waals surface area contributed by atoms with Crippen LogP contribution < -0.4 is 4.74 Å². The Bertz CT molecular complexity index is 648. The van der Waals surface area contributed by atoms with Gasteiger partial charge in [0.15, 0.2) is 5.69 Å². The summed E-state index contributed by atoms with van der Waals surface area (Å²) in [6.45, 7) is 0. The summed E-state index contributed by atoms with van der Waals surface area (Å²) in [4.78, 5) is 11.4. The number of alkyl halides is 3. The third-order valence-corrected chi connectivity index (χ3v) is 2.72. The van der Waals surface area contributed by atoms with Crippen LogP contribution in [0.3, 0.4) is 0 Å². The van der Waals surface area contributed by atoms with Gasteiger partial charge in [-0.2, -0.15) is 18.3 Å². The second-order valence-corrected chi connectivity index (χ2v) is 4.02. The van der Waals surface area contributed by atoms with Crippen molar-refractivity contribution in [3.05, 3.63) is 41.6 Å². The number of aromatic nitrogens is 2. The number of hydrogen-bond donors (Lipinski definition) is 0. The van der Waals surface area contributed by atoms with Crippen LogP contribution in [0.1, 0.15) is 16.1 Å². The number of benzene rings is 1. The van der Waals surface area contributed by atoms with E-state index in [-0.39, 0.29) is 11.6 Å². The summed E-state index contributed by atoms with van der Waals surface area (Å²) in [5.74, 6) is -0.464. The number of hydrogen-bond acceptors (Lipinski definition) is 4. The molecule has 1 aromatic carbocycles. The molecule has 1 aromatic heterocycles. The van der Waals surface area contributed by atoms with Gasteiger partial charge in [-0.15, -0.1) is 0 Å². The molecule has 2 aromatic rings. The largest absolute Gasteiger partial charge is 0.481 e. The molecule has 0 unspecified atom stereocenters. The number of rotatable bonds is 3. The average molecular weight is 300 g/mol. The standard InChI is InChI=1S/C13H11F3N2O3/c1-20-11-7-10(12(19)21-2)17-18(11)9-5-3-8(4-6-9)13(14,15)16/h3-7H,1-2H3. The molecule has 112 valence electrons. The Hall–Kier alpha value is -2.51. The van der Waals surface area contributed by atoms with Gasteiger partial charge in [0, 0.05) is 6.07 Å². The van der Waals surface area contributed by atoms with Crippen molar-refractivity contribution in [2.24, 2.45) is 0 Å².